The quantitative estimate of drug-likeness (QED) is 0.767. The van der Waals surface area contributed by atoms with E-state index in [1.54, 1.807) is 0 Å². The Balaban J connectivity index is 1.88. The van der Waals surface area contributed by atoms with Crippen molar-refractivity contribution in [3.63, 3.8) is 0 Å². The third-order valence-corrected chi connectivity index (χ3v) is 2.63. The second kappa shape index (κ2) is 5.58. The molecule has 2 rings (SSSR count). The van der Waals surface area contributed by atoms with Gasteiger partial charge in [0.15, 0.2) is 12.4 Å². The van der Waals surface area contributed by atoms with Gasteiger partial charge in [0.25, 0.3) is 0 Å². The molecule has 0 saturated carbocycles. The van der Waals surface area contributed by atoms with Crippen LogP contribution in [0.3, 0.4) is 0 Å². The van der Waals surface area contributed by atoms with Crippen LogP contribution in [0.5, 0.6) is 0 Å². The van der Waals surface area contributed by atoms with Gasteiger partial charge in [0, 0.05) is 13.3 Å². The highest BCUT2D eigenvalue weighted by Gasteiger charge is 2.25. The second-order valence-electron chi connectivity index (χ2n) is 4.11. The van der Waals surface area contributed by atoms with Crippen molar-refractivity contribution in [1.82, 2.24) is 0 Å². The minimum absolute atomic E-state index is 0.131. The van der Waals surface area contributed by atoms with Gasteiger partial charge in [-0.2, -0.15) is 0 Å². The van der Waals surface area contributed by atoms with E-state index >= 15 is 0 Å². The molecule has 0 radical (unpaired) electrons. The standard InChI is InChI=1S/C14H16O4/c1-10-13(9-16-11(2)15)18-14(17-10)8-12-6-4-3-5-7-12/h3-7,14H,8-9H2,1-2H3. The van der Waals surface area contributed by atoms with Gasteiger partial charge < -0.3 is 14.2 Å². The Labute approximate surface area is 106 Å². The maximum absolute atomic E-state index is 10.7. The zero-order chi connectivity index (χ0) is 13.0. The molecule has 1 aliphatic heterocycles. The van der Waals surface area contributed by atoms with E-state index in [9.17, 15) is 4.79 Å². The summed E-state index contributed by atoms with van der Waals surface area (Å²) in [5, 5.41) is 0. The Morgan fingerprint density at radius 1 is 1.28 bits per heavy atom. The third-order valence-electron chi connectivity index (χ3n) is 2.63. The number of ether oxygens (including phenoxy) is 3. The average Bonchev–Trinajstić information content (AvgIpc) is 2.68. The molecule has 0 bridgehead atoms. The van der Waals surface area contributed by atoms with Gasteiger partial charge in [-0.1, -0.05) is 30.3 Å². The number of carbonyl (C=O) groups is 1. The Morgan fingerprint density at radius 3 is 2.67 bits per heavy atom. The Kier molecular flexibility index (Phi) is 3.87. The molecule has 0 fully saturated rings. The lowest BCUT2D eigenvalue weighted by Gasteiger charge is -2.12. The second-order valence-corrected chi connectivity index (χ2v) is 4.11. The molecule has 0 spiro atoms. The summed E-state index contributed by atoms with van der Waals surface area (Å²) in [6.45, 7) is 3.31. The number of esters is 1. The fraction of sp³-hybridized carbons (Fsp3) is 0.357. The largest absolute Gasteiger partial charge is 0.458 e. The molecule has 18 heavy (non-hydrogen) atoms. The Bertz CT molecular complexity index is 450. The lowest BCUT2D eigenvalue weighted by Crippen LogP contribution is -2.13. The smallest absolute Gasteiger partial charge is 0.303 e. The van der Waals surface area contributed by atoms with Crippen LogP contribution in [0.2, 0.25) is 0 Å². The summed E-state index contributed by atoms with van der Waals surface area (Å²) in [5.74, 6) is 0.939. The normalized spacial score (nSPS) is 18.2. The molecule has 0 saturated heterocycles. The molecule has 1 unspecified atom stereocenters. The first-order valence-electron chi connectivity index (χ1n) is 5.85. The Morgan fingerprint density at radius 2 is 2.00 bits per heavy atom. The maximum Gasteiger partial charge on any atom is 0.303 e. The van der Waals surface area contributed by atoms with Crippen LogP contribution in [0.25, 0.3) is 0 Å². The van der Waals surface area contributed by atoms with Crippen molar-refractivity contribution in [2.45, 2.75) is 26.6 Å². The first-order chi connectivity index (χ1) is 8.65. The number of hydrogen-bond acceptors (Lipinski definition) is 4. The van der Waals surface area contributed by atoms with Gasteiger partial charge in [0.05, 0.1) is 0 Å². The fourth-order valence-corrected chi connectivity index (χ4v) is 1.72. The van der Waals surface area contributed by atoms with Crippen LogP contribution in [0.1, 0.15) is 19.4 Å². The summed E-state index contributed by atoms with van der Waals surface area (Å²) >= 11 is 0. The SMILES string of the molecule is CC(=O)OCC1=C(C)OC(Cc2ccccc2)O1. The molecule has 1 heterocycles. The van der Waals surface area contributed by atoms with Crippen molar-refractivity contribution in [1.29, 1.82) is 0 Å². The van der Waals surface area contributed by atoms with Crippen molar-refractivity contribution in [3.8, 4) is 0 Å². The maximum atomic E-state index is 10.7. The molecular weight excluding hydrogens is 232 g/mol. The van der Waals surface area contributed by atoms with Crippen LogP contribution >= 0.6 is 0 Å². The van der Waals surface area contributed by atoms with Crippen molar-refractivity contribution < 1.29 is 19.0 Å². The third kappa shape index (κ3) is 3.26. The van der Waals surface area contributed by atoms with E-state index in [-0.39, 0.29) is 18.9 Å². The van der Waals surface area contributed by atoms with Gasteiger partial charge in [0.1, 0.15) is 5.76 Å². The molecule has 1 aromatic rings. The van der Waals surface area contributed by atoms with Gasteiger partial charge >= 0.3 is 5.97 Å². The zero-order valence-electron chi connectivity index (χ0n) is 10.5. The lowest BCUT2D eigenvalue weighted by molar-refractivity contribution is -0.141. The highest BCUT2D eigenvalue weighted by molar-refractivity contribution is 5.66. The van der Waals surface area contributed by atoms with Gasteiger partial charge in [-0.15, -0.1) is 0 Å². The number of rotatable bonds is 4. The monoisotopic (exact) mass is 248 g/mol. The summed E-state index contributed by atoms with van der Waals surface area (Å²) in [6, 6.07) is 9.96. The van der Waals surface area contributed by atoms with E-state index in [4.69, 9.17) is 14.2 Å². The van der Waals surface area contributed by atoms with E-state index in [2.05, 4.69) is 0 Å². The van der Waals surface area contributed by atoms with E-state index in [1.165, 1.54) is 6.92 Å². The summed E-state index contributed by atoms with van der Waals surface area (Å²) < 4.78 is 16.1. The van der Waals surface area contributed by atoms with Crippen molar-refractivity contribution in [2.24, 2.45) is 0 Å². The van der Waals surface area contributed by atoms with E-state index in [0.29, 0.717) is 17.9 Å². The molecule has 0 amide bonds. The van der Waals surface area contributed by atoms with Crippen LogP contribution in [-0.4, -0.2) is 18.9 Å². The van der Waals surface area contributed by atoms with Gasteiger partial charge in [0.2, 0.25) is 6.29 Å². The van der Waals surface area contributed by atoms with Gasteiger partial charge in [-0.05, 0) is 12.5 Å². The molecule has 0 aliphatic carbocycles. The fourth-order valence-electron chi connectivity index (χ4n) is 1.72. The van der Waals surface area contributed by atoms with E-state index in [1.807, 2.05) is 37.3 Å². The summed E-state index contributed by atoms with van der Waals surface area (Å²) in [5.41, 5.74) is 1.14. The van der Waals surface area contributed by atoms with Crippen LogP contribution in [0.15, 0.2) is 41.9 Å². The molecule has 4 nitrogen and oxygen atoms in total. The van der Waals surface area contributed by atoms with Crippen LogP contribution in [0.4, 0.5) is 0 Å². The van der Waals surface area contributed by atoms with E-state index < -0.39 is 0 Å². The number of carbonyl (C=O) groups excluding carboxylic acids is 1. The summed E-state index contributed by atoms with van der Waals surface area (Å²) in [4.78, 5) is 10.7. The highest BCUT2D eigenvalue weighted by atomic mass is 16.7. The predicted octanol–water partition coefficient (Wildman–Crippen LogP) is 2.40. The molecule has 1 aromatic carbocycles. The molecule has 1 aliphatic rings. The molecule has 4 heteroatoms. The number of benzene rings is 1. The zero-order valence-corrected chi connectivity index (χ0v) is 10.5. The van der Waals surface area contributed by atoms with Crippen LogP contribution in [0, 0.1) is 0 Å². The van der Waals surface area contributed by atoms with Crippen LogP contribution in [-0.2, 0) is 25.4 Å². The van der Waals surface area contributed by atoms with Crippen molar-refractivity contribution in [2.75, 3.05) is 6.61 Å². The predicted molar refractivity (Wildman–Crippen MR) is 65.4 cm³/mol. The molecule has 1 atom stereocenters. The Hall–Kier alpha value is -1.97. The minimum Gasteiger partial charge on any atom is -0.458 e. The first kappa shape index (κ1) is 12.5. The minimum atomic E-state index is -0.335. The molecular formula is C14H16O4. The van der Waals surface area contributed by atoms with Gasteiger partial charge in [-0.3, -0.25) is 4.79 Å². The lowest BCUT2D eigenvalue weighted by atomic mass is 10.1. The average molecular weight is 248 g/mol. The summed E-state index contributed by atoms with van der Waals surface area (Å²) in [6.07, 6.45) is 0.333. The summed E-state index contributed by atoms with van der Waals surface area (Å²) in [7, 11) is 0. The first-order valence-corrected chi connectivity index (χ1v) is 5.85. The number of allylic oxidation sites excluding steroid dienone is 1. The van der Waals surface area contributed by atoms with Crippen molar-refractivity contribution >= 4 is 5.97 Å². The van der Waals surface area contributed by atoms with Crippen LogP contribution < -0.4 is 0 Å². The van der Waals surface area contributed by atoms with Crippen molar-refractivity contribution in [3.05, 3.63) is 47.4 Å². The topological polar surface area (TPSA) is 44.8 Å². The molecule has 96 valence electrons. The molecule has 0 N–H and O–H groups in total. The van der Waals surface area contributed by atoms with E-state index in [0.717, 1.165) is 5.56 Å². The number of hydrogen-bond donors (Lipinski definition) is 0. The molecule has 0 aromatic heterocycles. The highest BCUT2D eigenvalue weighted by Crippen LogP contribution is 2.24. The van der Waals surface area contributed by atoms with Gasteiger partial charge in [-0.25, -0.2) is 0 Å².